The van der Waals surface area contributed by atoms with Crippen LogP contribution in [-0.2, 0) is 0 Å². The molecule has 0 aromatic carbocycles. The molecule has 0 radical (unpaired) electrons. The quantitative estimate of drug-likeness (QED) is 0.697. The molecule has 0 saturated heterocycles. The molecule has 86 valence electrons. The first-order valence-electron chi connectivity index (χ1n) is 4.98. The monoisotopic (exact) mass is 309 g/mol. The number of halogens is 1. The van der Waals surface area contributed by atoms with Gasteiger partial charge in [0, 0.05) is 11.8 Å². The third kappa shape index (κ3) is 1.83. The van der Waals surface area contributed by atoms with Gasteiger partial charge >= 0.3 is 0 Å². The highest BCUT2D eigenvalue weighted by atomic mass is 79.9. The lowest BCUT2D eigenvalue weighted by Gasteiger charge is -1.94. The summed E-state index contributed by atoms with van der Waals surface area (Å²) in [6.07, 6.45) is 0. The summed E-state index contributed by atoms with van der Waals surface area (Å²) in [7, 11) is 0. The summed E-state index contributed by atoms with van der Waals surface area (Å²) in [5.41, 5.74) is 2.54. The number of hydrogen-bond acceptors (Lipinski definition) is 3. The molecule has 0 unspecified atom stereocenters. The van der Waals surface area contributed by atoms with Crippen molar-refractivity contribution in [1.82, 2.24) is 14.6 Å². The lowest BCUT2D eigenvalue weighted by atomic mass is 10.3. The van der Waals surface area contributed by atoms with Gasteiger partial charge in [-0.05, 0) is 41.1 Å². The van der Waals surface area contributed by atoms with E-state index in [0.717, 1.165) is 22.8 Å². The molecule has 6 heteroatoms. The average molecular weight is 310 g/mol. The van der Waals surface area contributed by atoms with Gasteiger partial charge in [0.25, 0.3) is 0 Å². The van der Waals surface area contributed by atoms with Crippen LogP contribution in [0.15, 0.2) is 33.4 Å². The number of fused-ring (bicyclic) bond motifs is 1. The van der Waals surface area contributed by atoms with Crippen molar-refractivity contribution in [2.45, 2.75) is 6.92 Å². The third-order valence-electron chi connectivity index (χ3n) is 2.42. The molecule has 0 atom stereocenters. The van der Waals surface area contributed by atoms with Crippen molar-refractivity contribution in [3.63, 3.8) is 0 Å². The molecule has 0 spiro atoms. The molecule has 3 heterocycles. The van der Waals surface area contributed by atoms with Gasteiger partial charge in [-0.2, -0.15) is 0 Å². The Morgan fingerprint density at radius 1 is 1.41 bits per heavy atom. The Balaban J connectivity index is 2.27. The molecule has 4 nitrogen and oxygen atoms in total. The van der Waals surface area contributed by atoms with Crippen molar-refractivity contribution in [3.05, 3.63) is 39.3 Å². The van der Waals surface area contributed by atoms with Crippen LogP contribution >= 0.6 is 28.1 Å². The summed E-state index contributed by atoms with van der Waals surface area (Å²) < 4.78 is 8.63. The number of H-pyrrole nitrogens is 1. The Hall–Kier alpha value is -1.40. The van der Waals surface area contributed by atoms with Gasteiger partial charge in [0.15, 0.2) is 16.1 Å². The van der Waals surface area contributed by atoms with Gasteiger partial charge in [0.05, 0.1) is 0 Å². The highest BCUT2D eigenvalue weighted by molar-refractivity contribution is 9.10. The van der Waals surface area contributed by atoms with Crippen molar-refractivity contribution in [3.8, 4) is 11.5 Å². The number of aromatic amines is 1. The predicted octanol–water partition coefficient (Wildman–Crippen LogP) is 3.72. The zero-order valence-corrected chi connectivity index (χ0v) is 11.3. The van der Waals surface area contributed by atoms with Crippen molar-refractivity contribution >= 4 is 33.8 Å². The van der Waals surface area contributed by atoms with E-state index in [1.807, 2.05) is 31.2 Å². The van der Waals surface area contributed by atoms with Gasteiger partial charge in [-0.1, -0.05) is 12.2 Å². The normalized spacial score (nSPS) is 11.2. The Morgan fingerprint density at radius 3 is 2.94 bits per heavy atom. The van der Waals surface area contributed by atoms with Gasteiger partial charge in [0.2, 0.25) is 0 Å². The summed E-state index contributed by atoms with van der Waals surface area (Å²) in [4.78, 5) is 4.40. The number of hydrogen-bond donors (Lipinski definition) is 1. The van der Waals surface area contributed by atoms with E-state index in [2.05, 4.69) is 26.0 Å². The zero-order valence-electron chi connectivity index (χ0n) is 8.90. The van der Waals surface area contributed by atoms with Crippen LogP contribution in [0.4, 0.5) is 0 Å². The highest BCUT2D eigenvalue weighted by Crippen LogP contribution is 2.24. The molecular formula is C11H8BrN3OS. The van der Waals surface area contributed by atoms with E-state index >= 15 is 0 Å². The van der Waals surface area contributed by atoms with Crippen LogP contribution in [0.25, 0.3) is 17.1 Å². The Labute approximate surface area is 110 Å². The number of nitrogens with zero attached hydrogens (tertiary/aromatic N) is 2. The van der Waals surface area contributed by atoms with Crippen LogP contribution in [0.2, 0.25) is 0 Å². The minimum Gasteiger partial charge on any atom is -0.448 e. The molecular weight excluding hydrogens is 302 g/mol. The summed E-state index contributed by atoms with van der Waals surface area (Å²) >= 11 is 8.54. The molecule has 0 bridgehead atoms. The van der Waals surface area contributed by atoms with E-state index in [4.69, 9.17) is 16.6 Å². The largest absolute Gasteiger partial charge is 0.448 e. The fourth-order valence-electron chi connectivity index (χ4n) is 1.70. The summed E-state index contributed by atoms with van der Waals surface area (Å²) in [5.74, 6) is 0.745. The second-order valence-corrected chi connectivity index (χ2v) is 4.90. The molecule has 0 saturated carbocycles. The van der Waals surface area contributed by atoms with Gasteiger partial charge in [-0.3, -0.25) is 5.10 Å². The molecule has 0 aliphatic rings. The lowest BCUT2D eigenvalue weighted by Crippen LogP contribution is -1.93. The molecule has 0 aliphatic heterocycles. The number of furan rings is 1. The second-order valence-electron chi connectivity index (χ2n) is 3.70. The lowest BCUT2D eigenvalue weighted by molar-refractivity contribution is 0.553. The van der Waals surface area contributed by atoms with Crippen LogP contribution in [0, 0.1) is 11.6 Å². The van der Waals surface area contributed by atoms with Gasteiger partial charge in [-0.25, -0.2) is 9.50 Å². The summed E-state index contributed by atoms with van der Waals surface area (Å²) in [6, 6.07) is 7.48. The standard InChI is InChI=1S/C11H8BrN3OS/c1-6-4-11(17)15-10(13-6)5-7(14-15)8-2-3-9(12)16-8/h2-5,14H,1H3. The van der Waals surface area contributed by atoms with Crippen molar-refractivity contribution in [2.75, 3.05) is 0 Å². The van der Waals surface area contributed by atoms with Crippen LogP contribution < -0.4 is 0 Å². The Kier molecular flexibility index (Phi) is 2.41. The number of aromatic nitrogens is 3. The topological polar surface area (TPSA) is 46.2 Å². The highest BCUT2D eigenvalue weighted by Gasteiger charge is 2.08. The number of rotatable bonds is 1. The maximum Gasteiger partial charge on any atom is 0.169 e. The van der Waals surface area contributed by atoms with Gasteiger partial charge in [0.1, 0.15) is 10.3 Å². The van der Waals surface area contributed by atoms with E-state index < -0.39 is 0 Å². The summed E-state index contributed by atoms with van der Waals surface area (Å²) in [6.45, 7) is 1.92. The summed E-state index contributed by atoms with van der Waals surface area (Å²) in [5, 5.41) is 3.16. The molecule has 17 heavy (non-hydrogen) atoms. The molecule has 3 rings (SSSR count). The number of aryl methyl sites for hydroxylation is 1. The van der Waals surface area contributed by atoms with Crippen LogP contribution in [0.1, 0.15) is 5.69 Å². The first-order valence-corrected chi connectivity index (χ1v) is 6.19. The van der Waals surface area contributed by atoms with E-state index in [1.165, 1.54) is 0 Å². The average Bonchev–Trinajstić information content (AvgIpc) is 2.83. The SMILES string of the molecule is Cc1cc(=S)n2[nH]c(-c3ccc(Br)o3)cc2n1. The van der Waals surface area contributed by atoms with Crippen LogP contribution in [0.3, 0.4) is 0 Å². The number of nitrogens with one attached hydrogen (secondary N) is 1. The molecule has 0 amide bonds. The van der Waals surface area contributed by atoms with E-state index in [9.17, 15) is 0 Å². The maximum absolute atomic E-state index is 5.48. The van der Waals surface area contributed by atoms with E-state index in [1.54, 1.807) is 4.52 Å². The van der Waals surface area contributed by atoms with Gasteiger partial charge < -0.3 is 4.42 Å². The first-order chi connectivity index (χ1) is 8.13. The minimum atomic E-state index is 0.693. The molecule has 0 fully saturated rings. The minimum absolute atomic E-state index is 0.693. The van der Waals surface area contributed by atoms with Crippen molar-refractivity contribution in [2.24, 2.45) is 0 Å². The Morgan fingerprint density at radius 2 is 2.24 bits per heavy atom. The van der Waals surface area contributed by atoms with Gasteiger partial charge in [-0.15, -0.1) is 0 Å². The van der Waals surface area contributed by atoms with Crippen LogP contribution in [-0.4, -0.2) is 14.6 Å². The fraction of sp³-hybridized carbons (Fsp3) is 0.0909. The second kappa shape index (κ2) is 3.82. The van der Waals surface area contributed by atoms with E-state index in [0.29, 0.717) is 9.31 Å². The first kappa shape index (κ1) is 10.7. The van der Waals surface area contributed by atoms with E-state index in [-0.39, 0.29) is 0 Å². The molecule has 3 aromatic heterocycles. The molecule has 1 N–H and O–H groups in total. The maximum atomic E-state index is 5.48. The molecule has 3 aromatic rings. The zero-order chi connectivity index (χ0) is 12.0. The van der Waals surface area contributed by atoms with Crippen molar-refractivity contribution in [1.29, 1.82) is 0 Å². The third-order valence-corrected chi connectivity index (χ3v) is 3.14. The predicted molar refractivity (Wildman–Crippen MR) is 70.5 cm³/mol. The van der Waals surface area contributed by atoms with Crippen LogP contribution in [0.5, 0.6) is 0 Å². The van der Waals surface area contributed by atoms with Crippen molar-refractivity contribution < 1.29 is 4.42 Å². The fourth-order valence-corrected chi connectivity index (χ4v) is 2.31. The smallest absolute Gasteiger partial charge is 0.169 e. The Bertz CT molecular complexity index is 756. The molecule has 0 aliphatic carbocycles.